The van der Waals surface area contributed by atoms with Gasteiger partial charge in [0.25, 0.3) is 11.8 Å². The van der Waals surface area contributed by atoms with Crippen molar-refractivity contribution < 1.29 is 9.59 Å². The monoisotopic (exact) mass is 540 g/mol. The fourth-order valence-corrected chi connectivity index (χ4v) is 4.32. The molecule has 1 fully saturated rings. The number of nitrogens with one attached hydrogen (secondary N) is 2. The number of amides is 2. The first kappa shape index (κ1) is 28.2. The van der Waals surface area contributed by atoms with Crippen LogP contribution in [0.2, 0.25) is 0 Å². The van der Waals surface area contributed by atoms with Crippen molar-refractivity contribution in [3.05, 3.63) is 94.8 Å². The standard InChI is InChI=1S/C30H36N8O2/c1-19(2)37-26-13-14-38(18-25(26)28(33)30(40)36-16-21-5-10-24(32)11-6-21)27-12-7-22(17-34-27)29(39)35-15-20-3-8-23(31)9-4-20/h3-12,17,19H,13-16,18,31-33H2,1-2H3,(H,35,39)(H,36,40)/b28-25-,37-26?. The van der Waals surface area contributed by atoms with Gasteiger partial charge in [-0.25, -0.2) is 4.98 Å². The predicted molar refractivity (Wildman–Crippen MR) is 160 cm³/mol. The minimum absolute atomic E-state index is 0.0614. The molecule has 0 saturated carbocycles. The van der Waals surface area contributed by atoms with E-state index in [-0.39, 0.29) is 23.6 Å². The predicted octanol–water partition coefficient (Wildman–Crippen LogP) is 2.76. The molecule has 0 atom stereocenters. The number of aromatic nitrogens is 1. The molecular formula is C30H36N8O2. The summed E-state index contributed by atoms with van der Waals surface area (Å²) in [6.07, 6.45) is 2.17. The van der Waals surface area contributed by atoms with Crippen molar-refractivity contribution in [1.29, 1.82) is 0 Å². The molecule has 0 spiro atoms. The number of nitrogen functional groups attached to an aromatic ring is 2. The number of anilines is 3. The normalized spacial score (nSPS) is 15.7. The van der Waals surface area contributed by atoms with Gasteiger partial charge in [0, 0.05) is 67.5 Å². The molecule has 2 aromatic carbocycles. The Bertz CT molecular complexity index is 1400. The van der Waals surface area contributed by atoms with Gasteiger partial charge >= 0.3 is 0 Å². The maximum absolute atomic E-state index is 13.0. The lowest BCUT2D eigenvalue weighted by Crippen LogP contribution is -2.40. The number of aliphatic imine (C=N–C) groups is 1. The zero-order chi connectivity index (χ0) is 28.6. The van der Waals surface area contributed by atoms with Crippen LogP contribution >= 0.6 is 0 Å². The molecule has 4 rings (SSSR count). The van der Waals surface area contributed by atoms with E-state index < -0.39 is 0 Å². The van der Waals surface area contributed by atoms with Gasteiger partial charge in [0.15, 0.2) is 0 Å². The molecule has 1 saturated heterocycles. The largest absolute Gasteiger partial charge is 0.399 e. The first-order valence-corrected chi connectivity index (χ1v) is 13.2. The summed E-state index contributed by atoms with van der Waals surface area (Å²) in [7, 11) is 0. The molecule has 1 aliphatic rings. The van der Waals surface area contributed by atoms with Gasteiger partial charge in [-0.1, -0.05) is 24.3 Å². The summed E-state index contributed by atoms with van der Waals surface area (Å²) in [5.41, 5.74) is 23.2. The van der Waals surface area contributed by atoms with Gasteiger partial charge in [-0.05, 0) is 61.4 Å². The highest BCUT2D eigenvalue weighted by Crippen LogP contribution is 2.22. The summed E-state index contributed by atoms with van der Waals surface area (Å²) in [6.45, 7) is 5.74. The minimum atomic E-state index is -0.355. The summed E-state index contributed by atoms with van der Waals surface area (Å²) >= 11 is 0. The average Bonchev–Trinajstić information content (AvgIpc) is 2.96. The van der Waals surface area contributed by atoms with Crippen LogP contribution < -0.4 is 32.7 Å². The molecule has 208 valence electrons. The van der Waals surface area contributed by atoms with Crippen LogP contribution in [-0.4, -0.2) is 41.6 Å². The highest BCUT2D eigenvalue weighted by Gasteiger charge is 2.26. The molecule has 40 heavy (non-hydrogen) atoms. The van der Waals surface area contributed by atoms with Crippen molar-refractivity contribution >= 4 is 34.7 Å². The summed E-state index contributed by atoms with van der Waals surface area (Å²) in [4.78, 5) is 36.9. The van der Waals surface area contributed by atoms with E-state index in [1.807, 2.05) is 43.0 Å². The molecule has 10 nitrogen and oxygen atoms in total. The topological polar surface area (TPSA) is 165 Å². The van der Waals surface area contributed by atoms with Gasteiger partial charge in [-0.2, -0.15) is 0 Å². The van der Waals surface area contributed by atoms with E-state index in [4.69, 9.17) is 22.2 Å². The van der Waals surface area contributed by atoms with Crippen LogP contribution in [0.5, 0.6) is 0 Å². The quantitative estimate of drug-likeness (QED) is 0.216. The Hall–Kier alpha value is -4.86. The molecule has 8 N–H and O–H groups in total. The first-order chi connectivity index (χ1) is 19.2. The van der Waals surface area contributed by atoms with Crippen molar-refractivity contribution in [3.63, 3.8) is 0 Å². The Morgan fingerprint density at radius 1 is 0.925 bits per heavy atom. The van der Waals surface area contributed by atoms with Crippen molar-refractivity contribution in [1.82, 2.24) is 15.6 Å². The van der Waals surface area contributed by atoms with Crippen LogP contribution in [0, 0.1) is 0 Å². The minimum Gasteiger partial charge on any atom is -0.399 e. The second-order valence-corrected chi connectivity index (χ2v) is 9.99. The van der Waals surface area contributed by atoms with Crippen LogP contribution in [0.3, 0.4) is 0 Å². The second-order valence-electron chi connectivity index (χ2n) is 9.99. The number of carbonyl (C=O) groups is 2. The number of carbonyl (C=O) groups excluding carboxylic acids is 2. The molecule has 10 heteroatoms. The smallest absolute Gasteiger partial charge is 0.267 e. The Morgan fingerprint density at radius 3 is 2.08 bits per heavy atom. The SMILES string of the molecule is CC(C)N=C1CCN(c2ccc(C(=O)NCc3ccc(N)cc3)cn2)C/C1=C(/N)C(=O)NCc1ccc(N)cc1. The van der Waals surface area contributed by atoms with E-state index >= 15 is 0 Å². The fourth-order valence-electron chi connectivity index (χ4n) is 4.32. The third kappa shape index (κ3) is 7.37. The van der Waals surface area contributed by atoms with Crippen molar-refractivity contribution in [2.45, 2.75) is 39.4 Å². The zero-order valence-electron chi connectivity index (χ0n) is 22.9. The number of nitrogens with zero attached hydrogens (tertiary/aromatic N) is 3. The van der Waals surface area contributed by atoms with E-state index in [9.17, 15) is 9.59 Å². The Morgan fingerprint density at radius 2 is 1.52 bits per heavy atom. The van der Waals surface area contributed by atoms with Gasteiger partial charge in [0.1, 0.15) is 11.5 Å². The number of rotatable bonds is 8. The van der Waals surface area contributed by atoms with E-state index in [1.54, 1.807) is 42.6 Å². The molecule has 0 bridgehead atoms. The fraction of sp³-hybridized carbons (Fsp3) is 0.267. The Balaban J connectivity index is 1.44. The zero-order valence-corrected chi connectivity index (χ0v) is 22.9. The molecule has 2 heterocycles. The van der Waals surface area contributed by atoms with Crippen LogP contribution in [0.25, 0.3) is 0 Å². The van der Waals surface area contributed by atoms with Crippen LogP contribution in [0.1, 0.15) is 41.8 Å². The highest BCUT2D eigenvalue weighted by atomic mass is 16.2. The summed E-state index contributed by atoms with van der Waals surface area (Å²) in [5, 5.41) is 5.78. The number of piperidine rings is 1. The molecule has 0 aliphatic carbocycles. The lowest BCUT2D eigenvalue weighted by Gasteiger charge is -2.32. The summed E-state index contributed by atoms with van der Waals surface area (Å²) in [6, 6.07) is 18.3. The number of hydrogen-bond acceptors (Lipinski definition) is 8. The van der Waals surface area contributed by atoms with Crippen LogP contribution in [-0.2, 0) is 17.9 Å². The maximum atomic E-state index is 13.0. The lowest BCUT2D eigenvalue weighted by molar-refractivity contribution is -0.117. The molecule has 1 aromatic heterocycles. The van der Waals surface area contributed by atoms with Gasteiger partial charge in [0.2, 0.25) is 0 Å². The van der Waals surface area contributed by atoms with E-state index in [0.717, 1.165) is 16.8 Å². The van der Waals surface area contributed by atoms with Gasteiger partial charge < -0.3 is 32.7 Å². The third-order valence-electron chi connectivity index (χ3n) is 6.50. The van der Waals surface area contributed by atoms with Gasteiger partial charge in [0.05, 0.1) is 5.56 Å². The van der Waals surface area contributed by atoms with Gasteiger partial charge in [-0.3, -0.25) is 14.6 Å². The second kappa shape index (κ2) is 12.8. The highest BCUT2D eigenvalue weighted by molar-refractivity contribution is 6.09. The molecule has 0 radical (unpaired) electrons. The first-order valence-electron chi connectivity index (χ1n) is 13.2. The van der Waals surface area contributed by atoms with E-state index in [1.165, 1.54) is 0 Å². The number of hydrogen-bond donors (Lipinski definition) is 5. The molecule has 3 aromatic rings. The molecule has 2 amide bonds. The molecular weight excluding hydrogens is 504 g/mol. The number of benzene rings is 2. The Kier molecular flexibility index (Phi) is 9.00. The lowest BCUT2D eigenvalue weighted by atomic mass is 9.99. The van der Waals surface area contributed by atoms with E-state index in [0.29, 0.717) is 60.9 Å². The van der Waals surface area contributed by atoms with Crippen LogP contribution in [0.4, 0.5) is 17.2 Å². The van der Waals surface area contributed by atoms with Crippen molar-refractivity contribution in [3.8, 4) is 0 Å². The molecule has 1 aliphatic heterocycles. The van der Waals surface area contributed by atoms with Crippen LogP contribution in [0.15, 0.2) is 83.1 Å². The van der Waals surface area contributed by atoms with Gasteiger partial charge in [-0.15, -0.1) is 0 Å². The third-order valence-corrected chi connectivity index (χ3v) is 6.50. The summed E-state index contributed by atoms with van der Waals surface area (Å²) in [5.74, 6) is 0.112. The summed E-state index contributed by atoms with van der Waals surface area (Å²) < 4.78 is 0. The average molecular weight is 541 g/mol. The Labute approximate surface area is 234 Å². The molecule has 0 unspecified atom stereocenters. The van der Waals surface area contributed by atoms with E-state index in [2.05, 4.69) is 15.6 Å². The number of pyridine rings is 1. The number of nitrogens with two attached hydrogens (primary N) is 3. The van der Waals surface area contributed by atoms with Crippen molar-refractivity contribution in [2.75, 3.05) is 29.5 Å². The van der Waals surface area contributed by atoms with Crippen molar-refractivity contribution in [2.24, 2.45) is 10.7 Å². The maximum Gasteiger partial charge on any atom is 0.267 e.